The van der Waals surface area contributed by atoms with Gasteiger partial charge in [0.05, 0.1) is 11.4 Å². The maximum atomic E-state index is 11.5. The van der Waals surface area contributed by atoms with E-state index >= 15 is 0 Å². The van der Waals surface area contributed by atoms with Crippen molar-refractivity contribution in [3.8, 4) is 0 Å². The third kappa shape index (κ3) is 17.9. The Morgan fingerprint density at radius 3 is 1.32 bits per heavy atom. The molecule has 0 saturated carbocycles. The first-order valence-electron chi connectivity index (χ1n) is 12.1. The van der Waals surface area contributed by atoms with Crippen molar-refractivity contribution in [1.29, 1.82) is 0 Å². The molecule has 0 spiro atoms. The molecule has 170 valence electrons. The lowest BCUT2D eigenvalue weighted by Gasteiger charge is -2.14. The van der Waals surface area contributed by atoms with Gasteiger partial charge < -0.3 is 5.11 Å². The predicted octanol–water partition coefficient (Wildman–Crippen LogP) is 7.06. The molecule has 0 saturated heterocycles. The van der Waals surface area contributed by atoms with Gasteiger partial charge in [-0.05, 0) is 25.7 Å². The number of hydrogen-bond acceptors (Lipinski definition) is 3. The van der Waals surface area contributed by atoms with E-state index in [0.29, 0.717) is 12.8 Å². The standard InChI is InChI=1S/C23H48O4S/c1-3-5-7-8-9-10-11-15-18-22(24)19-16-12-13-17-21-23(28(25,26)27)20-14-6-4-2/h22-24H,3-21H2,1-2H3,(H,25,26,27). The summed E-state index contributed by atoms with van der Waals surface area (Å²) in [5.74, 6) is 0. The molecule has 0 heterocycles. The van der Waals surface area contributed by atoms with Crippen LogP contribution >= 0.6 is 0 Å². The van der Waals surface area contributed by atoms with Crippen molar-refractivity contribution in [3.05, 3.63) is 0 Å². The molecule has 0 fully saturated rings. The fourth-order valence-electron chi connectivity index (χ4n) is 3.83. The van der Waals surface area contributed by atoms with Crippen molar-refractivity contribution < 1.29 is 18.1 Å². The first-order chi connectivity index (χ1) is 13.4. The number of aliphatic hydroxyl groups is 1. The predicted molar refractivity (Wildman–Crippen MR) is 120 cm³/mol. The Kier molecular flexibility index (Phi) is 18.8. The molecular weight excluding hydrogens is 372 g/mol. The van der Waals surface area contributed by atoms with E-state index in [2.05, 4.69) is 13.8 Å². The van der Waals surface area contributed by atoms with Crippen LogP contribution < -0.4 is 0 Å². The molecule has 2 unspecified atom stereocenters. The summed E-state index contributed by atoms with van der Waals surface area (Å²) in [5, 5.41) is 9.49. The summed E-state index contributed by atoms with van der Waals surface area (Å²) in [6, 6.07) is 0. The second-order valence-electron chi connectivity index (χ2n) is 8.54. The Morgan fingerprint density at radius 2 is 0.893 bits per heavy atom. The Bertz CT molecular complexity index is 422. The van der Waals surface area contributed by atoms with Gasteiger partial charge in [-0.25, -0.2) is 0 Å². The molecule has 0 rings (SSSR count). The third-order valence-corrected chi connectivity index (χ3v) is 7.07. The maximum Gasteiger partial charge on any atom is 0.267 e. The summed E-state index contributed by atoms with van der Waals surface area (Å²) in [6.07, 6.45) is 19.9. The van der Waals surface area contributed by atoms with Crippen LogP contribution in [-0.2, 0) is 10.1 Å². The lowest BCUT2D eigenvalue weighted by Crippen LogP contribution is -2.20. The van der Waals surface area contributed by atoms with E-state index in [4.69, 9.17) is 0 Å². The molecule has 4 nitrogen and oxygen atoms in total. The van der Waals surface area contributed by atoms with E-state index in [9.17, 15) is 18.1 Å². The Labute approximate surface area is 175 Å². The zero-order valence-electron chi connectivity index (χ0n) is 18.7. The van der Waals surface area contributed by atoms with Crippen LogP contribution in [0.3, 0.4) is 0 Å². The van der Waals surface area contributed by atoms with Crippen molar-refractivity contribution in [3.63, 3.8) is 0 Å². The molecule has 0 aromatic rings. The zero-order valence-corrected chi connectivity index (χ0v) is 19.5. The van der Waals surface area contributed by atoms with Crippen LogP contribution in [0.15, 0.2) is 0 Å². The second-order valence-corrected chi connectivity index (χ2v) is 10.2. The summed E-state index contributed by atoms with van der Waals surface area (Å²) in [6.45, 7) is 4.33. The van der Waals surface area contributed by atoms with Crippen LogP contribution in [0, 0.1) is 0 Å². The fourth-order valence-corrected chi connectivity index (χ4v) is 4.76. The number of hydrogen-bond donors (Lipinski definition) is 2. The summed E-state index contributed by atoms with van der Waals surface area (Å²) in [4.78, 5) is 0. The van der Waals surface area contributed by atoms with Gasteiger partial charge in [-0.1, -0.05) is 110 Å². The molecule has 0 radical (unpaired) electrons. The minimum Gasteiger partial charge on any atom is -0.393 e. The molecule has 0 aromatic carbocycles. The van der Waals surface area contributed by atoms with Gasteiger partial charge in [0.1, 0.15) is 0 Å². The zero-order chi connectivity index (χ0) is 21.1. The van der Waals surface area contributed by atoms with E-state index in [1.54, 1.807) is 0 Å². The van der Waals surface area contributed by atoms with Gasteiger partial charge in [-0.15, -0.1) is 0 Å². The van der Waals surface area contributed by atoms with Crippen LogP contribution in [-0.4, -0.2) is 29.4 Å². The second kappa shape index (κ2) is 18.9. The SMILES string of the molecule is CCCCCCCCCCC(O)CCCCCCC(CCCCC)S(=O)(=O)O. The van der Waals surface area contributed by atoms with Crippen molar-refractivity contribution >= 4 is 10.1 Å². The molecule has 0 aliphatic carbocycles. The molecule has 5 heteroatoms. The number of aliphatic hydroxyl groups excluding tert-OH is 1. The van der Waals surface area contributed by atoms with Gasteiger partial charge in [0.2, 0.25) is 0 Å². The van der Waals surface area contributed by atoms with Crippen LogP contribution in [0.2, 0.25) is 0 Å². The molecule has 0 aliphatic heterocycles. The third-order valence-electron chi connectivity index (χ3n) is 5.76. The molecule has 2 atom stereocenters. The van der Waals surface area contributed by atoms with Gasteiger partial charge in [0, 0.05) is 0 Å². The maximum absolute atomic E-state index is 11.5. The first-order valence-corrected chi connectivity index (χ1v) is 13.6. The minimum atomic E-state index is -3.91. The van der Waals surface area contributed by atoms with Crippen LogP contribution in [0.1, 0.15) is 136 Å². The Balaban J connectivity index is 3.59. The highest BCUT2D eigenvalue weighted by Gasteiger charge is 2.21. The van der Waals surface area contributed by atoms with Gasteiger partial charge >= 0.3 is 0 Å². The summed E-state index contributed by atoms with van der Waals surface area (Å²) >= 11 is 0. The average Bonchev–Trinajstić information content (AvgIpc) is 2.64. The lowest BCUT2D eigenvalue weighted by molar-refractivity contribution is 0.147. The van der Waals surface area contributed by atoms with Gasteiger partial charge in [-0.3, -0.25) is 4.55 Å². The smallest absolute Gasteiger partial charge is 0.267 e. The molecule has 28 heavy (non-hydrogen) atoms. The van der Waals surface area contributed by atoms with E-state index in [1.807, 2.05) is 0 Å². The first kappa shape index (κ1) is 27.9. The molecule has 0 bridgehead atoms. The highest BCUT2D eigenvalue weighted by molar-refractivity contribution is 7.86. The van der Waals surface area contributed by atoms with Crippen molar-refractivity contribution in [1.82, 2.24) is 0 Å². The normalized spacial score (nSPS) is 14.3. The summed E-state index contributed by atoms with van der Waals surface area (Å²) < 4.78 is 32.3. The van der Waals surface area contributed by atoms with E-state index in [-0.39, 0.29) is 6.10 Å². The quantitative estimate of drug-likeness (QED) is 0.154. The largest absolute Gasteiger partial charge is 0.393 e. The molecule has 0 amide bonds. The average molecular weight is 421 g/mol. The summed E-state index contributed by atoms with van der Waals surface area (Å²) in [5.41, 5.74) is 0. The minimum absolute atomic E-state index is 0.181. The summed E-state index contributed by atoms with van der Waals surface area (Å²) in [7, 11) is -3.91. The monoisotopic (exact) mass is 420 g/mol. The molecular formula is C23H48O4S. The Morgan fingerprint density at radius 1 is 0.571 bits per heavy atom. The van der Waals surface area contributed by atoms with E-state index in [1.165, 1.54) is 44.9 Å². The number of unbranched alkanes of at least 4 members (excludes halogenated alkanes) is 12. The highest BCUT2D eigenvalue weighted by atomic mass is 32.2. The van der Waals surface area contributed by atoms with Crippen molar-refractivity contribution in [2.24, 2.45) is 0 Å². The topological polar surface area (TPSA) is 74.6 Å². The Hall–Kier alpha value is -0.130. The van der Waals surface area contributed by atoms with E-state index in [0.717, 1.165) is 64.2 Å². The molecule has 0 aliphatic rings. The van der Waals surface area contributed by atoms with Gasteiger partial charge in [0.25, 0.3) is 10.1 Å². The van der Waals surface area contributed by atoms with Crippen LogP contribution in [0.5, 0.6) is 0 Å². The van der Waals surface area contributed by atoms with Gasteiger partial charge in [-0.2, -0.15) is 8.42 Å². The van der Waals surface area contributed by atoms with E-state index < -0.39 is 15.4 Å². The van der Waals surface area contributed by atoms with Crippen LogP contribution in [0.4, 0.5) is 0 Å². The van der Waals surface area contributed by atoms with Crippen molar-refractivity contribution in [2.75, 3.05) is 0 Å². The highest BCUT2D eigenvalue weighted by Crippen LogP contribution is 2.19. The molecule has 0 aromatic heterocycles. The fraction of sp³-hybridized carbons (Fsp3) is 1.00. The van der Waals surface area contributed by atoms with Gasteiger partial charge in [0.15, 0.2) is 0 Å². The van der Waals surface area contributed by atoms with Crippen molar-refractivity contribution in [2.45, 2.75) is 147 Å². The lowest BCUT2D eigenvalue weighted by atomic mass is 10.0. The van der Waals surface area contributed by atoms with Crippen LogP contribution in [0.25, 0.3) is 0 Å². The number of rotatable bonds is 21. The molecule has 2 N–H and O–H groups in total.